The largest absolute Gasteiger partial charge is 0.469 e. The average molecular weight is 381 g/mol. The van der Waals surface area contributed by atoms with Gasteiger partial charge in [0, 0.05) is 12.5 Å². The van der Waals surface area contributed by atoms with Crippen LogP contribution in [0.4, 0.5) is 4.79 Å². The van der Waals surface area contributed by atoms with Crippen molar-refractivity contribution in [2.45, 2.75) is 64.5 Å². The third-order valence-corrected chi connectivity index (χ3v) is 5.77. The molecule has 0 radical (unpaired) electrons. The summed E-state index contributed by atoms with van der Waals surface area (Å²) in [7, 11) is 0. The van der Waals surface area contributed by atoms with Crippen molar-refractivity contribution in [1.82, 2.24) is 10.6 Å². The van der Waals surface area contributed by atoms with E-state index in [-0.39, 0.29) is 12.1 Å². The standard InChI is InChI=1S/C24H32N2O2/c1-17(2)18-10-7-11-20(15-18)24(3,4)26-23(27)25-22-13-6-5-9-19(22)16-21-12-8-14-28-21/h7-8,10-12,14-15,19,22H,1,5-6,9,13,16H2,2-4H3,(H2,25,26,27). The minimum Gasteiger partial charge on any atom is -0.469 e. The summed E-state index contributed by atoms with van der Waals surface area (Å²) >= 11 is 0. The Bertz CT molecular complexity index is 808. The molecule has 28 heavy (non-hydrogen) atoms. The van der Waals surface area contributed by atoms with Gasteiger partial charge >= 0.3 is 6.03 Å². The molecule has 150 valence electrons. The third kappa shape index (κ3) is 5.06. The van der Waals surface area contributed by atoms with E-state index in [9.17, 15) is 4.79 Å². The van der Waals surface area contributed by atoms with Gasteiger partial charge in [0.2, 0.25) is 0 Å². The van der Waals surface area contributed by atoms with Crippen LogP contribution in [0.15, 0.2) is 53.7 Å². The number of hydrogen-bond acceptors (Lipinski definition) is 2. The fourth-order valence-corrected chi connectivity index (χ4v) is 4.06. The minimum absolute atomic E-state index is 0.109. The molecule has 1 aromatic carbocycles. The van der Waals surface area contributed by atoms with Gasteiger partial charge in [-0.25, -0.2) is 4.79 Å². The van der Waals surface area contributed by atoms with Crippen LogP contribution in [0.3, 0.4) is 0 Å². The van der Waals surface area contributed by atoms with Gasteiger partial charge in [-0.1, -0.05) is 43.2 Å². The number of nitrogens with one attached hydrogen (secondary N) is 2. The van der Waals surface area contributed by atoms with Crippen LogP contribution in [0.2, 0.25) is 0 Å². The van der Waals surface area contributed by atoms with Crippen LogP contribution >= 0.6 is 0 Å². The van der Waals surface area contributed by atoms with E-state index in [4.69, 9.17) is 4.42 Å². The molecule has 4 nitrogen and oxygen atoms in total. The average Bonchev–Trinajstić information content (AvgIpc) is 3.16. The molecule has 1 aliphatic rings. The topological polar surface area (TPSA) is 54.3 Å². The van der Waals surface area contributed by atoms with Crippen LogP contribution in [0.1, 0.15) is 63.3 Å². The van der Waals surface area contributed by atoms with Gasteiger partial charge in [-0.2, -0.15) is 0 Å². The molecular weight excluding hydrogens is 348 g/mol. The summed E-state index contributed by atoms with van der Waals surface area (Å²) in [5.74, 6) is 1.41. The van der Waals surface area contributed by atoms with Crippen molar-refractivity contribution in [2.24, 2.45) is 5.92 Å². The molecule has 0 aliphatic heterocycles. The van der Waals surface area contributed by atoms with Crippen LogP contribution < -0.4 is 10.6 Å². The molecule has 1 fully saturated rings. The van der Waals surface area contributed by atoms with Crippen molar-refractivity contribution < 1.29 is 9.21 Å². The maximum atomic E-state index is 12.8. The van der Waals surface area contributed by atoms with Crippen LogP contribution in [0.25, 0.3) is 5.57 Å². The lowest BCUT2D eigenvalue weighted by Gasteiger charge is -2.34. The van der Waals surface area contributed by atoms with Crippen molar-refractivity contribution in [3.63, 3.8) is 0 Å². The van der Waals surface area contributed by atoms with E-state index >= 15 is 0 Å². The Labute approximate surface area is 168 Å². The second kappa shape index (κ2) is 8.68. The van der Waals surface area contributed by atoms with E-state index in [1.165, 1.54) is 6.42 Å². The highest BCUT2D eigenvalue weighted by Gasteiger charge is 2.29. The number of urea groups is 1. The van der Waals surface area contributed by atoms with E-state index in [0.717, 1.165) is 48.1 Å². The first-order valence-electron chi connectivity index (χ1n) is 10.2. The van der Waals surface area contributed by atoms with E-state index < -0.39 is 5.54 Å². The predicted molar refractivity (Wildman–Crippen MR) is 114 cm³/mol. The molecule has 2 atom stereocenters. The zero-order chi connectivity index (χ0) is 20.1. The number of hydrogen-bond donors (Lipinski definition) is 2. The molecule has 0 bridgehead atoms. The molecule has 1 aliphatic carbocycles. The highest BCUT2D eigenvalue weighted by atomic mass is 16.3. The smallest absolute Gasteiger partial charge is 0.315 e. The number of carbonyl (C=O) groups is 1. The van der Waals surface area contributed by atoms with Crippen molar-refractivity contribution in [1.29, 1.82) is 0 Å². The zero-order valence-corrected chi connectivity index (χ0v) is 17.3. The van der Waals surface area contributed by atoms with Gasteiger partial charge in [0.15, 0.2) is 0 Å². The first-order chi connectivity index (χ1) is 13.3. The lowest BCUT2D eigenvalue weighted by Crippen LogP contribution is -2.52. The van der Waals surface area contributed by atoms with Gasteiger partial charge in [-0.05, 0) is 68.9 Å². The van der Waals surface area contributed by atoms with E-state index in [0.29, 0.717) is 5.92 Å². The van der Waals surface area contributed by atoms with Gasteiger partial charge < -0.3 is 15.1 Å². The monoisotopic (exact) mass is 380 g/mol. The molecule has 2 unspecified atom stereocenters. The second-order valence-electron chi connectivity index (χ2n) is 8.52. The summed E-state index contributed by atoms with van der Waals surface area (Å²) < 4.78 is 5.52. The Morgan fingerprint density at radius 1 is 1.21 bits per heavy atom. The van der Waals surface area contributed by atoms with Gasteiger partial charge in [0.05, 0.1) is 11.8 Å². The Kier molecular flexibility index (Phi) is 6.28. The Morgan fingerprint density at radius 2 is 2.00 bits per heavy atom. The summed E-state index contributed by atoms with van der Waals surface area (Å²) in [6.45, 7) is 10.1. The summed E-state index contributed by atoms with van der Waals surface area (Å²) in [5, 5.41) is 6.40. The number of rotatable bonds is 6. The first-order valence-corrected chi connectivity index (χ1v) is 10.2. The molecule has 4 heteroatoms. The lowest BCUT2D eigenvalue weighted by molar-refractivity contribution is 0.206. The maximum Gasteiger partial charge on any atom is 0.315 e. The molecule has 2 aromatic rings. The molecule has 1 heterocycles. The summed E-state index contributed by atoms with van der Waals surface area (Å²) in [6.07, 6.45) is 7.10. The summed E-state index contributed by atoms with van der Waals surface area (Å²) in [6, 6.07) is 12.2. The number of allylic oxidation sites excluding steroid dienone is 1. The molecule has 3 rings (SSSR count). The van der Waals surface area contributed by atoms with E-state index in [2.05, 4.69) is 23.3 Å². The Morgan fingerprint density at radius 3 is 2.71 bits per heavy atom. The van der Waals surface area contributed by atoms with Gasteiger partial charge in [-0.15, -0.1) is 0 Å². The van der Waals surface area contributed by atoms with Crippen LogP contribution in [0.5, 0.6) is 0 Å². The fourth-order valence-electron chi connectivity index (χ4n) is 4.06. The van der Waals surface area contributed by atoms with Gasteiger partial charge in [0.25, 0.3) is 0 Å². The number of furan rings is 1. The van der Waals surface area contributed by atoms with Crippen molar-refractivity contribution in [3.8, 4) is 0 Å². The molecular formula is C24H32N2O2. The molecule has 0 saturated heterocycles. The maximum absolute atomic E-state index is 12.8. The van der Waals surface area contributed by atoms with E-state index in [1.807, 2.05) is 51.1 Å². The van der Waals surface area contributed by atoms with Crippen LogP contribution in [0, 0.1) is 5.92 Å². The highest BCUT2D eigenvalue weighted by Crippen LogP contribution is 2.28. The highest BCUT2D eigenvalue weighted by molar-refractivity contribution is 5.75. The second-order valence-corrected chi connectivity index (χ2v) is 8.52. The SMILES string of the molecule is C=C(C)c1cccc(C(C)(C)NC(=O)NC2CCCCC2Cc2ccco2)c1. The Balaban J connectivity index is 1.64. The zero-order valence-electron chi connectivity index (χ0n) is 17.3. The van der Waals surface area contributed by atoms with Crippen LogP contribution in [-0.2, 0) is 12.0 Å². The van der Waals surface area contributed by atoms with Gasteiger partial charge in [-0.3, -0.25) is 0 Å². The number of amides is 2. The first kappa shape index (κ1) is 20.2. The Hall–Kier alpha value is -2.49. The quantitative estimate of drug-likeness (QED) is 0.680. The molecule has 1 aromatic heterocycles. The fraction of sp³-hybridized carbons (Fsp3) is 0.458. The minimum atomic E-state index is -0.472. The van der Waals surface area contributed by atoms with E-state index in [1.54, 1.807) is 6.26 Å². The number of carbonyl (C=O) groups excluding carboxylic acids is 1. The predicted octanol–water partition coefficient (Wildman–Crippen LogP) is 5.65. The molecule has 2 amide bonds. The van der Waals surface area contributed by atoms with Gasteiger partial charge in [0.1, 0.15) is 5.76 Å². The molecule has 0 spiro atoms. The number of benzene rings is 1. The summed E-state index contributed by atoms with van der Waals surface area (Å²) in [5.41, 5.74) is 2.71. The van der Waals surface area contributed by atoms with Crippen LogP contribution in [-0.4, -0.2) is 12.1 Å². The third-order valence-electron chi connectivity index (χ3n) is 5.77. The van der Waals surface area contributed by atoms with Crippen molar-refractivity contribution >= 4 is 11.6 Å². The molecule has 1 saturated carbocycles. The lowest BCUT2D eigenvalue weighted by atomic mass is 9.82. The van der Waals surface area contributed by atoms with Crippen molar-refractivity contribution in [3.05, 3.63) is 66.1 Å². The molecule has 2 N–H and O–H groups in total. The normalized spacial score (nSPS) is 19.8. The van der Waals surface area contributed by atoms with Crippen molar-refractivity contribution in [2.75, 3.05) is 0 Å². The summed E-state index contributed by atoms with van der Waals surface area (Å²) in [4.78, 5) is 12.8.